The third-order valence-corrected chi connectivity index (χ3v) is 4.09. The molecule has 0 aromatic carbocycles. The van der Waals surface area contributed by atoms with E-state index < -0.39 is 0 Å². The van der Waals surface area contributed by atoms with Crippen molar-refractivity contribution >= 4 is 11.6 Å². The average Bonchev–Trinajstić information content (AvgIpc) is 3.10. The molecule has 4 rings (SSSR count). The van der Waals surface area contributed by atoms with Gasteiger partial charge in [-0.25, -0.2) is 4.98 Å². The van der Waals surface area contributed by atoms with Gasteiger partial charge in [-0.2, -0.15) is 5.10 Å². The van der Waals surface area contributed by atoms with Crippen LogP contribution in [0.1, 0.15) is 46.2 Å². The number of hydrogen-bond donors (Lipinski definition) is 2. The number of carbonyl (C=O) groups excluding carboxylic acids is 1. The van der Waals surface area contributed by atoms with Crippen molar-refractivity contribution in [3.05, 3.63) is 53.2 Å². The summed E-state index contributed by atoms with van der Waals surface area (Å²) in [6.45, 7) is 2.45. The van der Waals surface area contributed by atoms with Gasteiger partial charge in [-0.15, -0.1) is 0 Å². The van der Waals surface area contributed by atoms with Crippen LogP contribution in [-0.4, -0.2) is 25.5 Å². The smallest absolute Gasteiger partial charge is 0.272 e. The number of carbonyl (C=O) groups is 1. The van der Waals surface area contributed by atoms with Gasteiger partial charge in [-0.05, 0) is 37.5 Å². The van der Waals surface area contributed by atoms with Crippen LogP contribution in [0.2, 0.25) is 0 Å². The van der Waals surface area contributed by atoms with Crippen LogP contribution in [-0.2, 0) is 6.54 Å². The highest BCUT2D eigenvalue weighted by Gasteiger charge is 2.26. The SMILES string of the molecule is Cc1cccn2c(CNC(=O)c3cc(C4CC4)[nH]n3)cnc12. The summed E-state index contributed by atoms with van der Waals surface area (Å²) in [4.78, 5) is 16.6. The molecule has 0 aliphatic heterocycles. The molecule has 6 nitrogen and oxygen atoms in total. The number of nitrogens with zero attached hydrogens (tertiary/aromatic N) is 3. The van der Waals surface area contributed by atoms with Crippen LogP contribution in [0.3, 0.4) is 0 Å². The number of H-pyrrole nitrogens is 1. The Morgan fingerprint density at radius 3 is 3.18 bits per heavy atom. The Hall–Kier alpha value is -2.63. The molecule has 2 N–H and O–H groups in total. The van der Waals surface area contributed by atoms with E-state index in [0.717, 1.165) is 22.6 Å². The zero-order chi connectivity index (χ0) is 15.1. The molecule has 1 saturated carbocycles. The number of amides is 1. The fourth-order valence-electron chi connectivity index (χ4n) is 2.65. The van der Waals surface area contributed by atoms with Gasteiger partial charge in [-0.3, -0.25) is 9.89 Å². The Kier molecular flexibility index (Phi) is 2.96. The first-order chi connectivity index (χ1) is 10.7. The van der Waals surface area contributed by atoms with Crippen LogP contribution in [0.25, 0.3) is 5.65 Å². The van der Waals surface area contributed by atoms with E-state index in [-0.39, 0.29) is 5.91 Å². The summed E-state index contributed by atoms with van der Waals surface area (Å²) in [5.74, 6) is 0.404. The normalized spacial score (nSPS) is 14.4. The number of nitrogens with one attached hydrogen (secondary N) is 2. The van der Waals surface area contributed by atoms with Crippen molar-refractivity contribution < 1.29 is 4.79 Å². The van der Waals surface area contributed by atoms with Gasteiger partial charge in [0.2, 0.25) is 0 Å². The van der Waals surface area contributed by atoms with Gasteiger partial charge < -0.3 is 9.72 Å². The molecule has 22 heavy (non-hydrogen) atoms. The first-order valence-corrected chi connectivity index (χ1v) is 7.47. The van der Waals surface area contributed by atoms with Gasteiger partial charge in [0, 0.05) is 17.8 Å². The average molecular weight is 295 g/mol. The molecule has 112 valence electrons. The maximum atomic E-state index is 12.2. The molecular formula is C16H17N5O. The minimum atomic E-state index is -0.161. The highest BCUT2D eigenvalue weighted by Crippen LogP contribution is 2.38. The molecule has 0 bridgehead atoms. The highest BCUT2D eigenvalue weighted by atomic mass is 16.1. The standard InChI is InChI=1S/C16H17N5O/c1-10-3-2-6-21-12(8-17-15(10)21)9-18-16(22)14-7-13(19-20-14)11-4-5-11/h2-3,6-8,11H,4-5,9H2,1H3,(H,18,22)(H,19,20). The van der Waals surface area contributed by atoms with Crippen molar-refractivity contribution in [2.45, 2.75) is 32.2 Å². The van der Waals surface area contributed by atoms with Crippen molar-refractivity contribution in [2.24, 2.45) is 0 Å². The van der Waals surface area contributed by atoms with E-state index in [1.54, 1.807) is 6.20 Å². The maximum absolute atomic E-state index is 12.2. The van der Waals surface area contributed by atoms with Gasteiger partial charge in [0.15, 0.2) is 0 Å². The number of rotatable bonds is 4. The molecule has 0 saturated heterocycles. The number of fused-ring (bicyclic) bond motifs is 1. The van der Waals surface area contributed by atoms with Gasteiger partial charge in [0.1, 0.15) is 11.3 Å². The number of aromatic nitrogens is 4. The zero-order valence-electron chi connectivity index (χ0n) is 12.3. The summed E-state index contributed by atoms with van der Waals surface area (Å²) >= 11 is 0. The largest absolute Gasteiger partial charge is 0.345 e. The molecule has 0 radical (unpaired) electrons. The highest BCUT2D eigenvalue weighted by molar-refractivity contribution is 5.92. The van der Waals surface area contributed by atoms with Crippen molar-refractivity contribution in [2.75, 3.05) is 0 Å². The van der Waals surface area contributed by atoms with Gasteiger partial charge in [0.25, 0.3) is 5.91 Å². The molecule has 1 amide bonds. The summed E-state index contributed by atoms with van der Waals surface area (Å²) in [5.41, 5.74) is 4.50. The second kappa shape index (κ2) is 4.98. The molecular weight excluding hydrogens is 278 g/mol. The fraction of sp³-hybridized carbons (Fsp3) is 0.312. The van der Waals surface area contributed by atoms with E-state index >= 15 is 0 Å². The zero-order valence-corrected chi connectivity index (χ0v) is 12.3. The number of imidazole rings is 1. The predicted octanol–water partition coefficient (Wildman–Crippen LogP) is 2.17. The molecule has 3 aromatic rings. The van der Waals surface area contributed by atoms with Gasteiger partial charge >= 0.3 is 0 Å². The minimum Gasteiger partial charge on any atom is -0.345 e. The van der Waals surface area contributed by atoms with Crippen LogP contribution in [0, 0.1) is 6.92 Å². The number of aryl methyl sites for hydroxylation is 1. The first kappa shape index (κ1) is 13.1. The summed E-state index contributed by atoms with van der Waals surface area (Å²) in [6, 6.07) is 5.85. The van der Waals surface area contributed by atoms with E-state index in [4.69, 9.17) is 0 Å². The Morgan fingerprint density at radius 1 is 1.50 bits per heavy atom. The quantitative estimate of drug-likeness (QED) is 0.774. The topological polar surface area (TPSA) is 75.1 Å². The van der Waals surface area contributed by atoms with Crippen molar-refractivity contribution in [3.63, 3.8) is 0 Å². The lowest BCUT2D eigenvalue weighted by Gasteiger charge is -2.04. The monoisotopic (exact) mass is 295 g/mol. The van der Waals surface area contributed by atoms with Crippen LogP contribution in [0.4, 0.5) is 0 Å². The van der Waals surface area contributed by atoms with Crippen LogP contribution >= 0.6 is 0 Å². The maximum Gasteiger partial charge on any atom is 0.272 e. The summed E-state index contributed by atoms with van der Waals surface area (Å²) < 4.78 is 2.00. The van der Waals surface area contributed by atoms with E-state index in [9.17, 15) is 4.79 Å². The van der Waals surface area contributed by atoms with E-state index in [2.05, 4.69) is 20.5 Å². The molecule has 0 unspecified atom stereocenters. The fourth-order valence-corrected chi connectivity index (χ4v) is 2.65. The van der Waals surface area contributed by atoms with Gasteiger partial charge in [0.05, 0.1) is 18.4 Å². The molecule has 1 aliphatic rings. The van der Waals surface area contributed by atoms with Gasteiger partial charge in [-0.1, -0.05) is 6.07 Å². The van der Waals surface area contributed by atoms with Crippen LogP contribution in [0.5, 0.6) is 0 Å². The Labute approximate surface area is 127 Å². The number of aromatic amines is 1. The van der Waals surface area contributed by atoms with Crippen molar-refractivity contribution in [1.29, 1.82) is 0 Å². The van der Waals surface area contributed by atoms with E-state index in [1.165, 1.54) is 12.8 Å². The lowest BCUT2D eigenvalue weighted by atomic mass is 10.2. The molecule has 0 spiro atoms. The molecule has 3 heterocycles. The molecule has 6 heteroatoms. The van der Waals surface area contributed by atoms with Crippen LogP contribution < -0.4 is 5.32 Å². The summed E-state index contributed by atoms with van der Waals surface area (Å²) in [5, 5.41) is 9.95. The number of hydrogen-bond acceptors (Lipinski definition) is 3. The first-order valence-electron chi connectivity index (χ1n) is 7.47. The Morgan fingerprint density at radius 2 is 2.36 bits per heavy atom. The Balaban J connectivity index is 1.48. The second-order valence-corrected chi connectivity index (χ2v) is 5.80. The molecule has 1 fully saturated rings. The van der Waals surface area contributed by atoms with E-state index in [1.807, 2.05) is 35.7 Å². The summed E-state index contributed by atoms with van der Waals surface area (Å²) in [7, 11) is 0. The lowest BCUT2D eigenvalue weighted by molar-refractivity contribution is 0.0945. The molecule has 3 aromatic heterocycles. The predicted molar refractivity (Wildman–Crippen MR) is 81.7 cm³/mol. The Bertz CT molecular complexity index is 843. The lowest BCUT2D eigenvalue weighted by Crippen LogP contribution is -2.23. The second-order valence-electron chi connectivity index (χ2n) is 5.80. The summed E-state index contributed by atoms with van der Waals surface area (Å²) in [6.07, 6.45) is 6.12. The van der Waals surface area contributed by atoms with Crippen molar-refractivity contribution in [1.82, 2.24) is 24.9 Å². The van der Waals surface area contributed by atoms with Crippen LogP contribution in [0.15, 0.2) is 30.6 Å². The van der Waals surface area contributed by atoms with Crippen molar-refractivity contribution in [3.8, 4) is 0 Å². The third-order valence-electron chi connectivity index (χ3n) is 4.09. The molecule has 1 aliphatic carbocycles. The third kappa shape index (κ3) is 2.26. The minimum absolute atomic E-state index is 0.161. The number of pyridine rings is 1. The molecule has 0 atom stereocenters. The van der Waals surface area contributed by atoms with E-state index in [0.29, 0.717) is 18.2 Å².